The van der Waals surface area contributed by atoms with E-state index < -0.39 is 4.92 Å². The topological polar surface area (TPSA) is 103 Å². The Hall–Kier alpha value is -3.63. The van der Waals surface area contributed by atoms with Crippen molar-refractivity contribution >= 4 is 56.2 Å². The number of halogens is 1. The van der Waals surface area contributed by atoms with E-state index in [4.69, 9.17) is 9.47 Å². The Morgan fingerprint density at radius 2 is 1.85 bits per heavy atom. The Balaban J connectivity index is 1.51. The maximum Gasteiger partial charge on any atom is 0.269 e. The molecule has 34 heavy (non-hydrogen) atoms. The van der Waals surface area contributed by atoms with Gasteiger partial charge in [0.1, 0.15) is 18.1 Å². The molecule has 0 bridgehead atoms. The third-order valence-corrected chi connectivity index (χ3v) is 6.16. The largest absolute Gasteiger partial charge is 0.497 e. The van der Waals surface area contributed by atoms with E-state index >= 15 is 0 Å². The van der Waals surface area contributed by atoms with Gasteiger partial charge in [0.05, 0.1) is 22.6 Å². The molecule has 0 unspecified atom stereocenters. The van der Waals surface area contributed by atoms with Crippen molar-refractivity contribution in [2.45, 2.75) is 6.61 Å². The standard InChI is InChI=1S/C24H18BrN3O5S/c1-32-20-9-5-18(6-10-20)26-24-27-23(29)22(34-24)13-16-12-17(25)4-11-21(16)33-14-15-2-7-19(8-3-15)28(30)31/h2-13H,14H2,1H3,(H,26,27,29)/b22-13+. The highest BCUT2D eigenvalue weighted by molar-refractivity contribution is 9.10. The first-order valence-electron chi connectivity index (χ1n) is 10.0. The maximum absolute atomic E-state index is 12.5. The number of carbonyl (C=O) groups is 1. The zero-order valence-electron chi connectivity index (χ0n) is 17.9. The minimum atomic E-state index is -0.444. The molecule has 1 N–H and O–H groups in total. The normalized spacial score (nSPS) is 15.4. The van der Waals surface area contributed by atoms with Gasteiger partial charge < -0.3 is 14.8 Å². The Labute approximate surface area is 208 Å². The minimum Gasteiger partial charge on any atom is -0.497 e. The van der Waals surface area contributed by atoms with Crippen LogP contribution >= 0.6 is 27.7 Å². The molecule has 0 saturated carbocycles. The monoisotopic (exact) mass is 539 g/mol. The first-order chi connectivity index (χ1) is 16.4. The van der Waals surface area contributed by atoms with E-state index in [1.807, 2.05) is 12.1 Å². The molecule has 1 fully saturated rings. The highest BCUT2D eigenvalue weighted by atomic mass is 79.9. The number of hydrogen-bond acceptors (Lipinski definition) is 7. The first-order valence-corrected chi connectivity index (χ1v) is 11.6. The number of benzene rings is 3. The number of rotatable bonds is 7. The van der Waals surface area contributed by atoms with Gasteiger partial charge >= 0.3 is 0 Å². The molecule has 1 aliphatic heterocycles. The molecule has 0 radical (unpaired) electrons. The molecule has 1 saturated heterocycles. The summed E-state index contributed by atoms with van der Waals surface area (Å²) in [6, 6.07) is 18.9. The number of ether oxygens (including phenoxy) is 2. The van der Waals surface area contributed by atoms with Crippen LogP contribution in [0.1, 0.15) is 11.1 Å². The van der Waals surface area contributed by atoms with Crippen LogP contribution in [0, 0.1) is 10.1 Å². The number of hydrogen-bond donors (Lipinski definition) is 1. The molecule has 4 rings (SSSR count). The Bertz CT molecular complexity index is 1290. The highest BCUT2D eigenvalue weighted by Gasteiger charge is 2.24. The fraction of sp³-hybridized carbons (Fsp3) is 0.0833. The lowest BCUT2D eigenvalue weighted by molar-refractivity contribution is -0.384. The number of carbonyl (C=O) groups excluding carboxylic acids is 1. The van der Waals surface area contributed by atoms with Crippen LogP contribution in [-0.2, 0) is 11.4 Å². The number of non-ortho nitro benzene ring substituents is 1. The zero-order valence-corrected chi connectivity index (χ0v) is 20.3. The van der Waals surface area contributed by atoms with Crippen LogP contribution < -0.4 is 14.8 Å². The van der Waals surface area contributed by atoms with Crippen molar-refractivity contribution in [2.75, 3.05) is 7.11 Å². The molecule has 3 aromatic carbocycles. The number of nitro groups is 1. The number of nitrogens with zero attached hydrogens (tertiary/aromatic N) is 2. The number of aliphatic imine (C=N–C) groups is 1. The zero-order chi connectivity index (χ0) is 24.1. The van der Waals surface area contributed by atoms with Gasteiger partial charge in [0, 0.05) is 22.2 Å². The van der Waals surface area contributed by atoms with Gasteiger partial charge in [-0.1, -0.05) is 15.9 Å². The molecule has 0 aromatic heterocycles. The summed E-state index contributed by atoms with van der Waals surface area (Å²) in [5, 5.41) is 14.1. The molecule has 172 valence electrons. The predicted molar refractivity (Wildman–Crippen MR) is 135 cm³/mol. The van der Waals surface area contributed by atoms with Crippen molar-refractivity contribution in [3.05, 3.63) is 97.3 Å². The molecule has 0 spiro atoms. The van der Waals surface area contributed by atoms with Gasteiger partial charge in [-0.25, -0.2) is 4.99 Å². The van der Waals surface area contributed by atoms with Gasteiger partial charge in [0.15, 0.2) is 5.17 Å². The van der Waals surface area contributed by atoms with Gasteiger partial charge in [-0.3, -0.25) is 14.9 Å². The number of thioether (sulfide) groups is 1. The van der Waals surface area contributed by atoms with Gasteiger partial charge in [-0.15, -0.1) is 0 Å². The number of methoxy groups -OCH3 is 1. The number of nitrogens with one attached hydrogen (secondary N) is 1. The average Bonchev–Trinajstić information content (AvgIpc) is 3.17. The van der Waals surface area contributed by atoms with Crippen molar-refractivity contribution in [2.24, 2.45) is 4.99 Å². The van der Waals surface area contributed by atoms with Crippen LogP contribution in [-0.4, -0.2) is 23.1 Å². The number of amides is 1. The third kappa shape index (κ3) is 5.83. The van der Waals surface area contributed by atoms with E-state index in [9.17, 15) is 14.9 Å². The maximum atomic E-state index is 12.5. The Morgan fingerprint density at radius 1 is 1.12 bits per heavy atom. The lowest BCUT2D eigenvalue weighted by Gasteiger charge is -2.10. The second-order valence-electron chi connectivity index (χ2n) is 7.07. The molecule has 0 aliphatic carbocycles. The summed E-state index contributed by atoms with van der Waals surface area (Å²) in [7, 11) is 1.59. The average molecular weight is 540 g/mol. The summed E-state index contributed by atoms with van der Waals surface area (Å²) in [4.78, 5) is 27.9. The van der Waals surface area contributed by atoms with E-state index in [0.717, 1.165) is 15.8 Å². The highest BCUT2D eigenvalue weighted by Crippen LogP contribution is 2.32. The molecule has 10 heteroatoms. The van der Waals surface area contributed by atoms with E-state index in [-0.39, 0.29) is 18.2 Å². The smallest absolute Gasteiger partial charge is 0.269 e. The van der Waals surface area contributed by atoms with Gasteiger partial charge in [-0.2, -0.15) is 0 Å². The number of amidine groups is 1. The van der Waals surface area contributed by atoms with Crippen molar-refractivity contribution in [3.8, 4) is 11.5 Å². The summed E-state index contributed by atoms with van der Waals surface area (Å²) in [6.07, 6.45) is 1.74. The van der Waals surface area contributed by atoms with Crippen LogP contribution in [0.2, 0.25) is 0 Å². The van der Waals surface area contributed by atoms with Gasteiger partial charge in [0.2, 0.25) is 0 Å². The fourth-order valence-electron chi connectivity index (χ4n) is 3.03. The minimum absolute atomic E-state index is 0.0224. The Morgan fingerprint density at radius 3 is 2.53 bits per heavy atom. The lowest BCUT2D eigenvalue weighted by Crippen LogP contribution is -2.19. The molecular formula is C24H18BrN3O5S. The molecule has 8 nitrogen and oxygen atoms in total. The quantitative estimate of drug-likeness (QED) is 0.230. The van der Waals surface area contributed by atoms with Crippen LogP contribution in [0.4, 0.5) is 11.4 Å². The van der Waals surface area contributed by atoms with E-state index in [2.05, 4.69) is 26.2 Å². The molecule has 1 aliphatic rings. The van der Waals surface area contributed by atoms with Crippen LogP contribution in [0.5, 0.6) is 11.5 Å². The second kappa shape index (κ2) is 10.5. The summed E-state index contributed by atoms with van der Waals surface area (Å²) >= 11 is 4.69. The van der Waals surface area contributed by atoms with Crippen molar-refractivity contribution < 1.29 is 19.2 Å². The van der Waals surface area contributed by atoms with Crippen LogP contribution in [0.3, 0.4) is 0 Å². The van der Waals surface area contributed by atoms with Crippen LogP contribution in [0.15, 0.2) is 81.1 Å². The van der Waals surface area contributed by atoms with E-state index in [0.29, 0.717) is 27.1 Å². The second-order valence-corrected chi connectivity index (χ2v) is 9.02. The first kappa shape index (κ1) is 23.5. The van der Waals surface area contributed by atoms with Gasteiger partial charge in [-0.05, 0) is 78.0 Å². The lowest BCUT2D eigenvalue weighted by atomic mass is 10.1. The van der Waals surface area contributed by atoms with Crippen LogP contribution in [0.25, 0.3) is 6.08 Å². The van der Waals surface area contributed by atoms with E-state index in [1.165, 1.54) is 23.9 Å². The SMILES string of the molecule is COc1ccc(N=C2NC(=O)/C(=C\c3cc(Br)ccc3OCc3ccc([N+](=O)[O-])cc3)S2)cc1. The van der Waals surface area contributed by atoms with Crippen molar-refractivity contribution in [3.63, 3.8) is 0 Å². The molecule has 1 amide bonds. The molecule has 3 aromatic rings. The van der Waals surface area contributed by atoms with Gasteiger partial charge in [0.25, 0.3) is 11.6 Å². The fourth-order valence-corrected chi connectivity index (χ4v) is 4.25. The molecular weight excluding hydrogens is 522 g/mol. The summed E-state index contributed by atoms with van der Waals surface area (Å²) in [5.74, 6) is 1.05. The predicted octanol–water partition coefficient (Wildman–Crippen LogP) is 5.84. The summed E-state index contributed by atoms with van der Waals surface area (Å²) in [5.41, 5.74) is 2.21. The summed E-state index contributed by atoms with van der Waals surface area (Å²) < 4.78 is 11.9. The van der Waals surface area contributed by atoms with Crippen molar-refractivity contribution in [1.29, 1.82) is 0 Å². The third-order valence-electron chi connectivity index (χ3n) is 4.75. The number of nitro benzene ring substituents is 1. The summed E-state index contributed by atoms with van der Waals surface area (Å²) in [6.45, 7) is 0.222. The molecule has 1 heterocycles. The molecule has 0 atom stereocenters. The van der Waals surface area contributed by atoms with Crippen molar-refractivity contribution in [1.82, 2.24) is 5.32 Å². The Kier molecular flexibility index (Phi) is 7.29. The van der Waals surface area contributed by atoms with E-state index in [1.54, 1.807) is 55.7 Å².